The lowest BCUT2D eigenvalue weighted by molar-refractivity contribution is -0.149. The minimum absolute atomic E-state index is 0.0376. The van der Waals surface area contributed by atoms with E-state index in [2.05, 4.69) is 4.74 Å². The molecule has 1 aromatic carbocycles. The number of carbonyl (C=O) groups excluding carboxylic acids is 2. The molecule has 6 heteroatoms. The van der Waals surface area contributed by atoms with Crippen molar-refractivity contribution in [2.24, 2.45) is 0 Å². The zero-order valence-electron chi connectivity index (χ0n) is 11.8. The van der Waals surface area contributed by atoms with Crippen LogP contribution < -0.4 is 4.74 Å². The Bertz CT molecular complexity index is 472. The molecule has 0 aromatic heterocycles. The molecule has 1 N–H and O–H groups in total. The zero-order valence-corrected chi connectivity index (χ0v) is 11.8. The van der Waals surface area contributed by atoms with Crippen LogP contribution in [0.1, 0.15) is 13.8 Å². The summed E-state index contributed by atoms with van der Waals surface area (Å²) in [6.07, 6.45) is 0. The van der Waals surface area contributed by atoms with Gasteiger partial charge in [0.25, 0.3) is 5.91 Å². The van der Waals surface area contributed by atoms with Gasteiger partial charge >= 0.3 is 5.97 Å². The highest BCUT2D eigenvalue weighted by molar-refractivity contribution is 5.83. The van der Waals surface area contributed by atoms with Gasteiger partial charge in [0.05, 0.1) is 7.11 Å². The summed E-state index contributed by atoms with van der Waals surface area (Å²) in [5, 5.41) is 9.53. The topological polar surface area (TPSA) is 76.1 Å². The van der Waals surface area contributed by atoms with E-state index >= 15 is 0 Å². The first-order chi connectivity index (χ1) is 9.45. The van der Waals surface area contributed by atoms with Gasteiger partial charge in [-0.2, -0.15) is 0 Å². The van der Waals surface area contributed by atoms with Crippen molar-refractivity contribution in [3.8, 4) is 11.5 Å². The van der Waals surface area contributed by atoms with Gasteiger partial charge in [-0.1, -0.05) is 12.1 Å². The number of nitrogens with zero attached hydrogens (tertiary/aromatic N) is 1. The van der Waals surface area contributed by atoms with Crippen LogP contribution in [0.5, 0.6) is 11.5 Å². The fourth-order valence-corrected chi connectivity index (χ4v) is 1.56. The molecule has 0 fully saturated rings. The van der Waals surface area contributed by atoms with E-state index < -0.39 is 5.97 Å². The van der Waals surface area contributed by atoms with E-state index in [0.29, 0.717) is 0 Å². The Morgan fingerprint density at radius 1 is 1.30 bits per heavy atom. The van der Waals surface area contributed by atoms with Crippen LogP contribution in [0.25, 0.3) is 0 Å². The van der Waals surface area contributed by atoms with Crippen LogP contribution in [0, 0.1) is 0 Å². The predicted molar refractivity (Wildman–Crippen MR) is 72.5 cm³/mol. The summed E-state index contributed by atoms with van der Waals surface area (Å²) in [5.74, 6) is -0.657. The summed E-state index contributed by atoms with van der Waals surface area (Å²) in [7, 11) is 1.27. The van der Waals surface area contributed by atoms with E-state index in [1.807, 2.05) is 0 Å². The minimum atomic E-state index is -0.491. The SMILES string of the molecule is COC(=O)CN(C(=O)COc1ccccc1O)C(C)C. The second-order valence-corrected chi connectivity index (χ2v) is 4.45. The average Bonchev–Trinajstić information content (AvgIpc) is 2.42. The van der Waals surface area contributed by atoms with Crippen molar-refractivity contribution >= 4 is 11.9 Å². The highest BCUT2D eigenvalue weighted by atomic mass is 16.5. The highest BCUT2D eigenvalue weighted by Gasteiger charge is 2.21. The lowest BCUT2D eigenvalue weighted by atomic mass is 10.3. The third-order valence-corrected chi connectivity index (χ3v) is 2.69. The third kappa shape index (κ3) is 4.46. The van der Waals surface area contributed by atoms with Gasteiger partial charge in [-0.05, 0) is 26.0 Å². The van der Waals surface area contributed by atoms with Crippen molar-refractivity contribution in [1.29, 1.82) is 0 Å². The van der Waals surface area contributed by atoms with E-state index in [1.54, 1.807) is 32.0 Å². The van der Waals surface area contributed by atoms with Gasteiger partial charge in [-0.25, -0.2) is 0 Å². The number of rotatable bonds is 6. The van der Waals surface area contributed by atoms with Crippen LogP contribution in [0.15, 0.2) is 24.3 Å². The number of amides is 1. The summed E-state index contributed by atoms with van der Waals surface area (Å²) in [6.45, 7) is 3.20. The standard InChI is InChI=1S/C14H19NO5/c1-10(2)15(8-14(18)19-3)13(17)9-20-12-7-5-4-6-11(12)16/h4-7,10,16H,8-9H2,1-3H3. The number of phenolic OH excluding ortho intramolecular Hbond substituents is 1. The number of aromatic hydroxyl groups is 1. The maximum absolute atomic E-state index is 12.0. The first kappa shape index (κ1) is 15.8. The van der Waals surface area contributed by atoms with Crippen molar-refractivity contribution in [3.05, 3.63) is 24.3 Å². The highest BCUT2D eigenvalue weighted by Crippen LogP contribution is 2.24. The largest absolute Gasteiger partial charge is 0.504 e. The molecule has 0 spiro atoms. The second-order valence-electron chi connectivity index (χ2n) is 4.45. The summed E-state index contributed by atoms with van der Waals surface area (Å²) < 4.78 is 9.80. The maximum atomic E-state index is 12.0. The van der Waals surface area contributed by atoms with E-state index in [4.69, 9.17) is 4.74 Å². The Morgan fingerprint density at radius 2 is 1.95 bits per heavy atom. The van der Waals surface area contributed by atoms with Gasteiger partial charge in [-0.15, -0.1) is 0 Å². The normalized spacial score (nSPS) is 10.2. The molecule has 0 bridgehead atoms. The number of methoxy groups -OCH3 is 1. The molecule has 0 aliphatic heterocycles. The summed E-state index contributed by atoms with van der Waals surface area (Å²) in [6, 6.07) is 6.21. The Kier molecular flexibility index (Phi) is 5.83. The lowest BCUT2D eigenvalue weighted by Crippen LogP contribution is -2.43. The molecular weight excluding hydrogens is 262 g/mol. The molecule has 0 unspecified atom stereocenters. The van der Waals surface area contributed by atoms with Gasteiger partial charge < -0.3 is 19.5 Å². The van der Waals surface area contributed by atoms with Crippen molar-refractivity contribution in [2.75, 3.05) is 20.3 Å². The Morgan fingerprint density at radius 3 is 2.50 bits per heavy atom. The molecule has 0 saturated heterocycles. The van der Waals surface area contributed by atoms with E-state index in [-0.39, 0.29) is 36.6 Å². The van der Waals surface area contributed by atoms with E-state index in [9.17, 15) is 14.7 Å². The van der Waals surface area contributed by atoms with Crippen molar-refractivity contribution < 1.29 is 24.2 Å². The predicted octanol–water partition coefficient (Wildman–Crippen LogP) is 1.18. The number of ether oxygens (including phenoxy) is 2. The van der Waals surface area contributed by atoms with Crippen molar-refractivity contribution in [1.82, 2.24) is 4.90 Å². The average molecular weight is 281 g/mol. The molecule has 0 aliphatic rings. The number of benzene rings is 1. The molecule has 1 amide bonds. The molecule has 0 heterocycles. The van der Waals surface area contributed by atoms with Gasteiger partial charge in [-0.3, -0.25) is 9.59 Å². The quantitative estimate of drug-likeness (QED) is 0.792. The summed E-state index contributed by atoms with van der Waals surface area (Å²) in [5.41, 5.74) is 0. The molecule has 6 nitrogen and oxygen atoms in total. The first-order valence-corrected chi connectivity index (χ1v) is 6.22. The number of hydrogen-bond acceptors (Lipinski definition) is 5. The number of carbonyl (C=O) groups is 2. The fraction of sp³-hybridized carbons (Fsp3) is 0.429. The van der Waals surface area contributed by atoms with Gasteiger partial charge in [0.1, 0.15) is 6.54 Å². The fourth-order valence-electron chi connectivity index (χ4n) is 1.56. The van der Waals surface area contributed by atoms with Crippen molar-refractivity contribution in [3.63, 3.8) is 0 Å². The monoisotopic (exact) mass is 281 g/mol. The molecular formula is C14H19NO5. The zero-order chi connectivity index (χ0) is 15.1. The molecule has 0 aliphatic carbocycles. The van der Waals surface area contributed by atoms with Crippen LogP contribution in [0.3, 0.4) is 0 Å². The molecule has 1 aromatic rings. The molecule has 1 rings (SSSR count). The van der Waals surface area contributed by atoms with Crippen LogP contribution >= 0.6 is 0 Å². The summed E-state index contributed by atoms with van der Waals surface area (Å²) in [4.78, 5) is 24.6. The number of para-hydroxylation sites is 2. The molecule has 0 radical (unpaired) electrons. The third-order valence-electron chi connectivity index (χ3n) is 2.69. The Labute approximate surface area is 117 Å². The number of phenols is 1. The second kappa shape index (κ2) is 7.37. The lowest BCUT2D eigenvalue weighted by Gasteiger charge is -2.25. The van der Waals surface area contributed by atoms with Crippen molar-refractivity contribution in [2.45, 2.75) is 19.9 Å². The van der Waals surface area contributed by atoms with E-state index in [0.717, 1.165) is 0 Å². The Hall–Kier alpha value is -2.24. The Balaban J connectivity index is 2.63. The van der Waals surface area contributed by atoms with E-state index in [1.165, 1.54) is 18.1 Å². The van der Waals surface area contributed by atoms with Gasteiger partial charge in [0.2, 0.25) is 0 Å². The van der Waals surface area contributed by atoms with Gasteiger partial charge in [0, 0.05) is 6.04 Å². The summed E-state index contributed by atoms with van der Waals surface area (Å²) >= 11 is 0. The van der Waals surface area contributed by atoms with Crippen LogP contribution in [-0.2, 0) is 14.3 Å². The number of esters is 1. The smallest absolute Gasteiger partial charge is 0.325 e. The number of hydrogen-bond donors (Lipinski definition) is 1. The van der Waals surface area contributed by atoms with Crippen LogP contribution in [-0.4, -0.2) is 48.2 Å². The van der Waals surface area contributed by atoms with Gasteiger partial charge in [0.15, 0.2) is 18.1 Å². The molecule has 0 atom stereocenters. The molecule has 110 valence electrons. The molecule has 0 saturated carbocycles. The van der Waals surface area contributed by atoms with Crippen LogP contribution in [0.4, 0.5) is 0 Å². The van der Waals surface area contributed by atoms with Crippen LogP contribution in [0.2, 0.25) is 0 Å². The maximum Gasteiger partial charge on any atom is 0.325 e. The molecule has 20 heavy (non-hydrogen) atoms. The first-order valence-electron chi connectivity index (χ1n) is 6.22. The minimum Gasteiger partial charge on any atom is -0.504 e.